The predicted molar refractivity (Wildman–Crippen MR) is 176 cm³/mol. The highest BCUT2D eigenvalue weighted by Crippen LogP contribution is 2.63. The van der Waals surface area contributed by atoms with Crippen LogP contribution in [0.1, 0.15) is 76.8 Å². The third kappa shape index (κ3) is 4.77. The molecule has 3 aromatic carbocycles. The van der Waals surface area contributed by atoms with Crippen molar-refractivity contribution in [2.45, 2.75) is 70.8 Å². The summed E-state index contributed by atoms with van der Waals surface area (Å²) in [5.74, 6) is -1.41. The second-order valence-corrected chi connectivity index (χ2v) is 14.9. The number of rotatable bonds is 6. The van der Waals surface area contributed by atoms with Crippen LogP contribution in [-0.2, 0) is 35.5 Å². The van der Waals surface area contributed by atoms with Crippen molar-refractivity contribution in [2.75, 3.05) is 13.1 Å². The zero-order chi connectivity index (χ0) is 34.5. The Morgan fingerprint density at radius 2 is 1.84 bits per heavy atom. The number of ether oxygens (including phenoxy) is 4. The molecule has 3 aliphatic carbocycles. The largest absolute Gasteiger partial charge is 0.514 e. The van der Waals surface area contributed by atoms with Gasteiger partial charge >= 0.3 is 6.16 Å². The zero-order valence-corrected chi connectivity index (χ0v) is 28.0. The third-order valence-corrected chi connectivity index (χ3v) is 10.5. The number of allylic oxidation sites excluding steroid dienone is 1. The molecule has 2 aliphatic heterocycles. The maximum Gasteiger partial charge on any atom is 0.514 e. The average Bonchev–Trinajstić information content (AvgIpc) is 3.69. The second kappa shape index (κ2) is 11.0. The SMILES string of the molecule is CC(C)(C)OC(=O)Oc1c2c(c(F)c3ccc(CN4CCC4)cc13)CC1C[C@H]3Cc4onc(OCc5ccccc5)c4C(=O)[C@]34OC4=C1C2=O. The van der Waals surface area contributed by atoms with Crippen molar-refractivity contribution >= 4 is 28.5 Å². The number of hydrogen-bond donors (Lipinski definition) is 0. The summed E-state index contributed by atoms with van der Waals surface area (Å²) < 4.78 is 45.7. The molecule has 50 heavy (non-hydrogen) atoms. The molecule has 10 nitrogen and oxygen atoms in total. The minimum absolute atomic E-state index is 0.0365. The van der Waals surface area contributed by atoms with Gasteiger partial charge < -0.3 is 23.5 Å². The van der Waals surface area contributed by atoms with Crippen LogP contribution in [0.15, 0.2) is 64.4 Å². The number of benzene rings is 3. The second-order valence-electron chi connectivity index (χ2n) is 14.9. The molecule has 9 rings (SSSR count). The maximum absolute atomic E-state index is 16.6. The molecule has 2 saturated heterocycles. The average molecular weight is 679 g/mol. The molecule has 0 bridgehead atoms. The van der Waals surface area contributed by atoms with Crippen LogP contribution in [0.4, 0.5) is 9.18 Å². The molecule has 11 heteroatoms. The van der Waals surface area contributed by atoms with Gasteiger partial charge in [-0.05, 0) is 81.4 Å². The number of aromatic nitrogens is 1. The van der Waals surface area contributed by atoms with E-state index in [1.807, 2.05) is 36.4 Å². The number of hydrogen-bond acceptors (Lipinski definition) is 10. The quantitative estimate of drug-likeness (QED) is 0.121. The molecule has 256 valence electrons. The molecule has 2 fully saturated rings. The zero-order valence-electron chi connectivity index (χ0n) is 28.0. The van der Waals surface area contributed by atoms with Gasteiger partial charge in [-0.1, -0.05) is 42.5 Å². The molecule has 0 saturated carbocycles. The van der Waals surface area contributed by atoms with E-state index in [-0.39, 0.29) is 64.2 Å². The highest BCUT2D eigenvalue weighted by Gasteiger charge is 2.72. The summed E-state index contributed by atoms with van der Waals surface area (Å²) >= 11 is 0. The molecular formula is C39H35FN2O8. The predicted octanol–water partition coefficient (Wildman–Crippen LogP) is 6.90. The minimum Gasteiger partial charge on any atom is -0.470 e. The number of fused-ring (bicyclic) bond motifs is 4. The van der Waals surface area contributed by atoms with Crippen molar-refractivity contribution in [3.8, 4) is 11.6 Å². The number of nitrogens with zero attached hydrogens (tertiary/aromatic N) is 2. The van der Waals surface area contributed by atoms with E-state index in [1.54, 1.807) is 32.9 Å². The lowest BCUT2D eigenvalue weighted by molar-refractivity contribution is 0.0207. The van der Waals surface area contributed by atoms with E-state index in [9.17, 15) is 14.4 Å². The first kappa shape index (κ1) is 31.0. The Bertz CT molecular complexity index is 2160. The van der Waals surface area contributed by atoms with E-state index in [0.717, 1.165) is 30.6 Å². The van der Waals surface area contributed by atoms with Crippen molar-refractivity contribution in [1.82, 2.24) is 10.1 Å². The Morgan fingerprint density at radius 1 is 1.04 bits per heavy atom. The maximum atomic E-state index is 16.6. The number of epoxide rings is 1. The molecule has 0 amide bonds. The highest BCUT2D eigenvalue weighted by molar-refractivity contribution is 6.19. The smallest absolute Gasteiger partial charge is 0.470 e. The fourth-order valence-corrected chi connectivity index (χ4v) is 8.10. The molecule has 0 N–H and O–H groups in total. The first-order valence-electron chi connectivity index (χ1n) is 17.1. The number of Topliss-reactive ketones (excluding diaryl/α,β-unsaturated/α-hetero) is 2. The van der Waals surface area contributed by atoms with Crippen LogP contribution in [0.25, 0.3) is 10.8 Å². The van der Waals surface area contributed by atoms with Gasteiger partial charge in [-0.3, -0.25) is 14.5 Å². The molecule has 0 radical (unpaired) electrons. The Labute approximate surface area is 287 Å². The van der Waals surface area contributed by atoms with Crippen LogP contribution in [0.3, 0.4) is 0 Å². The van der Waals surface area contributed by atoms with Gasteiger partial charge in [-0.15, -0.1) is 0 Å². The van der Waals surface area contributed by atoms with Gasteiger partial charge in [-0.25, -0.2) is 9.18 Å². The van der Waals surface area contributed by atoms with Crippen LogP contribution < -0.4 is 9.47 Å². The molecule has 3 atom stereocenters. The van der Waals surface area contributed by atoms with E-state index >= 15 is 4.39 Å². The number of ketones is 2. The molecule has 4 aromatic rings. The first-order valence-corrected chi connectivity index (χ1v) is 17.1. The van der Waals surface area contributed by atoms with Crippen molar-refractivity contribution in [3.63, 3.8) is 0 Å². The standard InChI is InChI=1S/C39H35FN2O8/c1-38(2,3)49-37(45)47-33-25-14-21(18-42-12-7-13-42)10-11-24(25)31(40)26-16-22-15-23-17-27-30(36(41-50-27)46-19-20-8-5-4-6-9-20)34(44)39(23)35(48-39)28(22)32(43)29(26)33/h4-6,8-11,14,22-23H,7,12-13,15-19H2,1-3H3/t22?,23-,39+/m0/s1. The van der Waals surface area contributed by atoms with Crippen LogP contribution >= 0.6 is 0 Å². The molecule has 5 aliphatic rings. The Morgan fingerprint density at radius 3 is 2.58 bits per heavy atom. The molecular weight excluding hydrogens is 643 g/mol. The molecule has 1 spiro atoms. The lowest BCUT2D eigenvalue weighted by atomic mass is 9.63. The Hall–Kier alpha value is -5.03. The van der Waals surface area contributed by atoms with Gasteiger partial charge in [0.2, 0.25) is 11.4 Å². The fraction of sp³-hybridized carbons (Fsp3) is 0.385. The lowest BCUT2D eigenvalue weighted by Gasteiger charge is -2.35. The van der Waals surface area contributed by atoms with Crippen molar-refractivity contribution in [1.29, 1.82) is 0 Å². The van der Waals surface area contributed by atoms with E-state index in [0.29, 0.717) is 36.1 Å². The fourth-order valence-electron chi connectivity index (χ4n) is 8.10. The number of halogens is 1. The summed E-state index contributed by atoms with van der Waals surface area (Å²) in [5, 5.41) is 4.65. The van der Waals surface area contributed by atoms with Gasteiger partial charge in [-0.2, -0.15) is 0 Å². The van der Waals surface area contributed by atoms with E-state index in [1.165, 1.54) is 0 Å². The van der Waals surface area contributed by atoms with Crippen LogP contribution in [0.5, 0.6) is 11.6 Å². The number of likely N-dealkylation sites (tertiary alicyclic amines) is 1. The van der Waals surface area contributed by atoms with Gasteiger partial charge in [0.15, 0.2) is 23.1 Å². The Balaban J connectivity index is 1.12. The first-order chi connectivity index (χ1) is 24.0. The summed E-state index contributed by atoms with van der Waals surface area (Å²) in [7, 11) is 0. The molecule has 1 unspecified atom stereocenters. The summed E-state index contributed by atoms with van der Waals surface area (Å²) in [6.45, 7) is 7.90. The normalized spacial score (nSPS) is 23.5. The summed E-state index contributed by atoms with van der Waals surface area (Å²) in [6, 6.07) is 14.9. The minimum atomic E-state index is -1.35. The van der Waals surface area contributed by atoms with Gasteiger partial charge in [0, 0.05) is 40.8 Å². The monoisotopic (exact) mass is 678 g/mol. The van der Waals surface area contributed by atoms with Crippen molar-refractivity contribution in [2.24, 2.45) is 11.8 Å². The van der Waals surface area contributed by atoms with Gasteiger partial charge in [0.25, 0.3) is 5.88 Å². The molecule has 1 aromatic heterocycles. The van der Waals surface area contributed by atoms with Gasteiger partial charge in [0.1, 0.15) is 23.6 Å². The summed E-state index contributed by atoms with van der Waals surface area (Å²) in [4.78, 5) is 44.4. The van der Waals surface area contributed by atoms with Crippen LogP contribution in [0.2, 0.25) is 0 Å². The Kier molecular flexibility index (Phi) is 6.81. The van der Waals surface area contributed by atoms with E-state index in [2.05, 4.69) is 10.1 Å². The number of carbonyl (C=O) groups excluding carboxylic acids is 3. The summed E-state index contributed by atoms with van der Waals surface area (Å²) in [6.07, 6.45) is 1.03. The van der Waals surface area contributed by atoms with Crippen molar-refractivity contribution < 1.29 is 42.2 Å². The summed E-state index contributed by atoms with van der Waals surface area (Å²) in [5.41, 5.74) is 0.263. The topological polar surface area (TPSA) is 121 Å². The third-order valence-electron chi connectivity index (χ3n) is 10.5. The van der Waals surface area contributed by atoms with Gasteiger partial charge in [0.05, 0.1) is 5.56 Å². The van der Waals surface area contributed by atoms with Crippen molar-refractivity contribution in [3.05, 3.63) is 99.3 Å². The van der Waals surface area contributed by atoms with E-state index in [4.69, 9.17) is 23.5 Å². The number of carbonyl (C=O) groups is 3. The molecule has 3 heterocycles. The van der Waals surface area contributed by atoms with Crippen LogP contribution in [0, 0.1) is 17.7 Å². The van der Waals surface area contributed by atoms with Crippen LogP contribution in [-0.4, -0.2) is 52.1 Å². The lowest BCUT2D eigenvalue weighted by Crippen LogP contribution is -2.44. The highest BCUT2D eigenvalue weighted by atomic mass is 19.1. The van der Waals surface area contributed by atoms with E-state index < -0.39 is 34.9 Å².